The number of imide groups is 1. The van der Waals surface area contributed by atoms with Gasteiger partial charge in [0, 0.05) is 99.5 Å². The van der Waals surface area contributed by atoms with Gasteiger partial charge in [0.2, 0.25) is 11.8 Å². The third kappa shape index (κ3) is 7.88. The first-order valence-electron chi connectivity index (χ1n) is 22.4. The monoisotopic (exact) mass is 850 g/mol. The quantitative estimate of drug-likeness (QED) is 0.195. The molecule has 16 heteroatoms. The van der Waals surface area contributed by atoms with Gasteiger partial charge in [-0.1, -0.05) is 0 Å². The number of hydrogen-bond donors (Lipinski definition) is 2. The fourth-order valence-corrected chi connectivity index (χ4v) is 10.5. The highest BCUT2D eigenvalue weighted by Gasteiger charge is 2.43. The van der Waals surface area contributed by atoms with Gasteiger partial charge in [-0.15, -0.1) is 0 Å². The van der Waals surface area contributed by atoms with Gasteiger partial charge >= 0.3 is 0 Å². The standard InChI is InChI=1S/C46H56F2N10O4/c1-45(2)26-54(23-28-8-14-55(15-9-28)36-5-4-30-32(41(36)48)25-58(44(30)61)37-6-7-40(59)51-43(37)60)18-19-57(45)24-29-10-16-56(17-11-29)39-22-35(49-27-50-39)42-31-20-38(62-46(3)12-13-46)33(47)21-34(31)52-53-42/h4-5,20-22,27-29,37H,6-19,23-26H2,1-3H3,(H,52,53)(H,51,59,60). The lowest BCUT2D eigenvalue weighted by molar-refractivity contribution is -0.136. The number of piperidine rings is 3. The second kappa shape index (κ2) is 15.8. The number of nitrogens with one attached hydrogen (secondary N) is 2. The van der Waals surface area contributed by atoms with Crippen molar-refractivity contribution in [2.24, 2.45) is 11.8 Å². The van der Waals surface area contributed by atoms with Crippen LogP contribution in [0.1, 0.15) is 88.1 Å². The van der Waals surface area contributed by atoms with Gasteiger partial charge in [0.25, 0.3) is 5.91 Å². The Balaban J connectivity index is 0.696. The van der Waals surface area contributed by atoms with E-state index in [0.717, 1.165) is 109 Å². The molecule has 62 heavy (non-hydrogen) atoms. The number of nitrogens with zero attached hydrogens (tertiary/aromatic N) is 8. The van der Waals surface area contributed by atoms with Gasteiger partial charge in [-0.3, -0.25) is 34.6 Å². The van der Waals surface area contributed by atoms with Crippen molar-refractivity contribution < 1.29 is 27.9 Å². The first-order valence-corrected chi connectivity index (χ1v) is 22.4. The van der Waals surface area contributed by atoms with Gasteiger partial charge < -0.3 is 19.4 Å². The predicted octanol–water partition coefficient (Wildman–Crippen LogP) is 5.52. The SMILES string of the molecule is CC1(Oc2cc3c(-c4cc(N5CCC(CN6CCN(CC7CCN(c8ccc9c(c8F)CN(C8CCC(=O)NC8=O)C9=O)CC7)CC6(C)C)CC5)ncn4)n[nH]c3cc2F)CC1. The van der Waals surface area contributed by atoms with E-state index in [1.54, 1.807) is 24.5 Å². The summed E-state index contributed by atoms with van der Waals surface area (Å²) in [5.41, 5.74) is 2.86. The molecule has 14 nitrogen and oxygen atoms in total. The summed E-state index contributed by atoms with van der Waals surface area (Å²) in [5, 5.41) is 10.6. The third-order valence-electron chi connectivity index (χ3n) is 14.5. The largest absolute Gasteiger partial charge is 0.484 e. The summed E-state index contributed by atoms with van der Waals surface area (Å²) in [6, 6.07) is 7.82. The number of aromatic nitrogens is 4. The molecule has 328 valence electrons. The summed E-state index contributed by atoms with van der Waals surface area (Å²) in [6.07, 6.45) is 7.95. The topological polar surface area (TPSA) is 143 Å². The summed E-state index contributed by atoms with van der Waals surface area (Å²) in [7, 11) is 0. The lowest BCUT2D eigenvalue weighted by atomic mass is 9.90. The third-order valence-corrected chi connectivity index (χ3v) is 14.5. The Morgan fingerprint density at radius 3 is 2.32 bits per heavy atom. The van der Waals surface area contributed by atoms with Crippen molar-refractivity contribution in [3.63, 3.8) is 0 Å². The van der Waals surface area contributed by atoms with Crippen LogP contribution >= 0.6 is 0 Å². The number of fused-ring (bicyclic) bond motifs is 2. The first kappa shape index (κ1) is 40.8. The smallest absolute Gasteiger partial charge is 0.255 e. The minimum atomic E-state index is -0.763. The molecule has 1 aliphatic carbocycles. The van der Waals surface area contributed by atoms with Crippen LogP contribution in [-0.2, 0) is 16.1 Å². The van der Waals surface area contributed by atoms with Crippen molar-refractivity contribution in [1.82, 2.24) is 40.2 Å². The second-order valence-electron chi connectivity index (χ2n) is 19.4. The minimum Gasteiger partial charge on any atom is -0.484 e. The lowest BCUT2D eigenvalue weighted by Crippen LogP contribution is -2.61. The molecular weight excluding hydrogens is 795 g/mol. The number of carbonyl (C=O) groups excluding carboxylic acids is 3. The van der Waals surface area contributed by atoms with Crippen molar-refractivity contribution in [2.45, 2.75) is 95.9 Å². The van der Waals surface area contributed by atoms with Gasteiger partial charge in [0.05, 0.1) is 23.4 Å². The summed E-state index contributed by atoms with van der Waals surface area (Å²) in [5.74, 6) is 0.275. The number of rotatable bonds is 10. The van der Waals surface area contributed by atoms with E-state index in [2.05, 4.69) is 58.9 Å². The molecule has 4 aromatic rings. The Morgan fingerprint density at radius 1 is 0.855 bits per heavy atom. The van der Waals surface area contributed by atoms with Crippen LogP contribution in [0.3, 0.4) is 0 Å². The molecule has 6 aliphatic rings. The summed E-state index contributed by atoms with van der Waals surface area (Å²) in [6.45, 7) is 15.3. The fourth-order valence-electron chi connectivity index (χ4n) is 10.5. The predicted molar refractivity (Wildman–Crippen MR) is 230 cm³/mol. The van der Waals surface area contributed by atoms with Crippen LogP contribution in [0.15, 0.2) is 36.7 Å². The first-order chi connectivity index (χ1) is 29.8. The van der Waals surface area contributed by atoms with Crippen LogP contribution in [0.2, 0.25) is 0 Å². The molecule has 2 aromatic carbocycles. The van der Waals surface area contributed by atoms with Gasteiger partial charge in [-0.2, -0.15) is 5.10 Å². The molecule has 1 saturated carbocycles. The Hall–Kier alpha value is -5.22. The molecule has 10 rings (SSSR count). The Morgan fingerprint density at radius 2 is 1.60 bits per heavy atom. The highest BCUT2D eigenvalue weighted by Crippen LogP contribution is 2.42. The zero-order chi connectivity index (χ0) is 42.9. The maximum Gasteiger partial charge on any atom is 0.255 e. The van der Waals surface area contributed by atoms with Gasteiger partial charge in [-0.25, -0.2) is 18.7 Å². The number of H-pyrrole nitrogens is 1. The van der Waals surface area contributed by atoms with Crippen LogP contribution in [0.5, 0.6) is 5.75 Å². The van der Waals surface area contributed by atoms with E-state index in [-0.39, 0.29) is 53.9 Å². The molecule has 1 atom stereocenters. The summed E-state index contributed by atoms with van der Waals surface area (Å²) >= 11 is 0. The fraction of sp³-hybridized carbons (Fsp3) is 0.565. The van der Waals surface area contributed by atoms with E-state index in [1.807, 2.05) is 13.0 Å². The number of piperazine rings is 1. The average Bonchev–Trinajstić information content (AvgIpc) is 3.69. The maximum absolute atomic E-state index is 16.0. The summed E-state index contributed by atoms with van der Waals surface area (Å²) < 4.78 is 36.9. The van der Waals surface area contributed by atoms with Crippen LogP contribution in [0.25, 0.3) is 22.3 Å². The molecule has 2 N–H and O–H groups in total. The van der Waals surface area contributed by atoms with Gasteiger partial charge in [0.1, 0.15) is 29.5 Å². The molecule has 0 bridgehead atoms. The number of anilines is 2. The number of ether oxygens (including phenoxy) is 1. The number of benzene rings is 2. The van der Waals surface area contributed by atoms with Crippen molar-refractivity contribution in [3.8, 4) is 17.1 Å². The highest BCUT2D eigenvalue weighted by molar-refractivity contribution is 6.05. The number of aromatic amines is 1. The van der Waals surface area contributed by atoms with E-state index in [9.17, 15) is 18.8 Å². The zero-order valence-corrected chi connectivity index (χ0v) is 35.9. The molecule has 3 amide bonds. The van der Waals surface area contributed by atoms with Crippen LogP contribution in [0, 0.1) is 23.5 Å². The lowest BCUT2D eigenvalue weighted by Gasteiger charge is -2.50. The van der Waals surface area contributed by atoms with Gasteiger partial charge in [-0.05, 0) is 95.8 Å². The van der Waals surface area contributed by atoms with E-state index in [4.69, 9.17) is 4.74 Å². The maximum atomic E-state index is 16.0. The zero-order valence-electron chi connectivity index (χ0n) is 35.9. The molecule has 4 saturated heterocycles. The van der Waals surface area contributed by atoms with E-state index in [1.165, 1.54) is 11.0 Å². The molecule has 1 unspecified atom stereocenters. The number of hydrogen-bond acceptors (Lipinski definition) is 11. The highest BCUT2D eigenvalue weighted by atomic mass is 19.1. The number of amides is 3. The molecule has 5 fully saturated rings. The van der Waals surface area contributed by atoms with Crippen molar-refractivity contribution in [2.75, 3.05) is 68.7 Å². The Labute approximate surface area is 360 Å². The Bertz CT molecular complexity index is 2400. The Kier molecular flexibility index (Phi) is 10.4. The summed E-state index contributed by atoms with van der Waals surface area (Å²) in [4.78, 5) is 57.7. The molecule has 5 aliphatic heterocycles. The number of halogens is 2. The normalized spacial score (nSPS) is 23.6. The molecular formula is C46H56F2N10O4. The second-order valence-corrected chi connectivity index (χ2v) is 19.4. The minimum absolute atomic E-state index is 0.0371. The number of carbonyl (C=O) groups is 3. The molecule has 0 radical (unpaired) electrons. The van der Waals surface area contributed by atoms with Crippen molar-refractivity contribution in [1.29, 1.82) is 0 Å². The average molecular weight is 851 g/mol. The van der Waals surface area contributed by atoms with Crippen LogP contribution < -0.4 is 19.9 Å². The molecule has 2 aromatic heterocycles. The molecule has 0 spiro atoms. The van der Waals surface area contributed by atoms with E-state index in [0.29, 0.717) is 45.6 Å². The van der Waals surface area contributed by atoms with Gasteiger partial charge in [0.15, 0.2) is 17.4 Å². The van der Waals surface area contributed by atoms with E-state index < -0.39 is 17.8 Å². The van der Waals surface area contributed by atoms with Crippen LogP contribution in [0.4, 0.5) is 20.3 Å². The van der Waals surface area contributed by atoms with E-state index >= 15 is 4.39 Å². The van der Waals surface area contributed by atoms with Crippen molar-refractivity contribution in [3.05, 3.63) is 59.4 Å². The van der Waals surface area contributed by atoms with Crippen molar-refractivity contribution >= 4 is 40.1 Å². The van der Waals surface area contributed by atoms with Crippen LogP contribution in [-0.4, -0.2) is 129 Å². The molecule has 7 heterocycles.